The van der Waals surface area contributed by atoms with Gasteiger partial charge in [-0.3, -0.25) is 4.79 Å². The Morgan fingerprint density at radius 1 is 1.14 bits per heavy atom. The Kier molecular flexibility index (Phi) is 8.63. The fraction of sp³-hybridized carbons (Fsp3) is 0.560. The van der Waals surface area contributed by atoms with E-state index in [-0.39, 0.29) is 30.0 Å². The first-order valence-electron chi connectivity index (χ1n) is 12.3. The normalized spacial score (nSPS) is 19.7. The highest BCUT2D eigenvalue weighted by Gasteiger charge is 2.35. The summed E-state index contributed by atoms with van der Waals surface area (Å²) in [7, 11) is 0. The Balaban J connectivity index is 1.42. The molecule has 0 radical (unpaired) electrons. The van der Waals surface area contributed by atoms with Crippen LogP contribution in [0.15, 0.2) is 24.4 Å². The summed E-state index contributed by atoms with van der Waals surface area (Å²) in [5.74, 6) is 1.57. The van der Waals surface area contributed by atoms with Crippen LogP contribution in [0.4, 0.5) is 11.8 Å². The molecule has 2 fully saturated rings. The van der Waals surface area contributed by atoms with Crippen LogP contribution in [0.25, 0.3) is 0 Å². The standard InChI is InChI=1S/C25H33Cl3N6O/c1-15(2)34(24(35)17-6-9-29-13-17)19-7-10-33(11-8-19)25-30-14-22(28)23(32-25)31-16(3)20-5-4-18(26)12-21(20)27/h4-5,12,14-17,19,29H,6-11,13H2,1-3H3,(H,30,31,32)/t16-,17?/m1/s1. The van der Waals surface area contributed by atoms with Gasteiger partial charge < -0.3 is 20.4 Å². The Hall–Kier alpha value is -1.80. The SMILES string of the molecule is CC(C)N(C(=O)C1CCNC1)C1CCN(c2ncc(Cl)c(N[C@H](C)c3ccc(Cl)cc3Cl)n2)CC1. The van der Waals surface area contributed by atoms with E-state index in [0.717, 1.165) is 51.0 Å². The first-order chi connectivity index (χ1) is 16.7. The zero-order valence-corrected chi connectivity index (χ0v) is 22.7. The van der Waals surface area contributed by atoms with Crippen molar-refractivity contribution >= 4 is 52.5 Å². The molecule has 10 heteroatoms. The number of aromatic nitrogens is 2. The van der Waals surface area contributed by atoms with Gasteiger partial charge in [-0.05, 0) is 64.3 Å². The van der Waals surface area contributed by atoms with E-state index in [1.54, 1.807) is 12.3 Å². The molecule has 0 spiro atoms. The van der Waals surface area contributed by atoms with E-state index in [4.69, 9.17) is 39.8 Å². The summed E-state index contributed by atoms with van der Waals surface area (Å²) in [6, 6.07) is 5.72. The molecule has 0 aliphatic carbocycles. The van der Waals surface area contributed by atoms with E-state index in [9.17, 15) is 4.79 Å². The number of nitrogens with zero attached hydrogens (tertiary/aromatic N) is 4. The molecule has 4 rings (SSSR count). The number of halogens is 3. The number of nitrogens with one attached hydrogen (secondary N) is 2. The summed E-state index contributed by atoms with van der Waals surface area (Å²) < 4.78 is 0. The lowest BCUT2D eigenvalue weighted by Crippen LogP contribution is -2.52. The van der Waals surface area contributed by atoms with Crippen molar-refractivity contribution in [2.75, 3.05) is 36.4 Å². The molecular formula is C25H33Cl3N6O. The molecule has 2 atom stereocenters. The predicted octanol–water partition coefficient (Wildman–Crippen LogP) is 5.43. The third-order valence-corrected chi connectivity index (χ3v) is 7.71. The van der Waals surface area contributed by atoms with Gasteiger partial charge >= 0.3 is 0 Å². The maximum absolute atomic E-state index is 13.2. The van der Waals surface area contributed by atoms with Crippen LogP contribution in [-0.4, -0.2) is 59.0 Å². The number of carbonyl (C=O) groups is 1. The van der Waals surface area contributed by atoms with Gasteiger partial charge in [-0.15, -0.1) is 0 Å². The topological polar surface area (TPSA) is 73.4 Å². The van der Waals surface area contributed by atoms with Crippen molar-refractivity contribution in [2.24, 2.45) is 5.92 Å². The quantitative estimate of drug-likeness (QED) is 0.489. The molecule has 2 aromatic rings. The lowest BCUT2D eigenvalue weighted by atomic mass is 9.98. The highest BCUT2D eigenvalue weighted by molar-refractivity contribution is 6.35. The third kappa shape index (κ3) is 6.13. The van der Waals surface area contributed by atoms with E-state index < -0.39 is 0 Å². The molecular weight excluding hydrogens is 507 g/mol. The van der Waals surface area contributed by atoms with Crippen molar-refractivity contribution in [3.8, 4) is 0 Å². The first kappa shape index (κ1) is 26.3. The van der Waals surface area contributed by atoms with Crippen LogP contribution in [0.3, 0.4) is 0 Å². The average Bonchev–Trinajstić information content (AvgIpc) is 3.36. The van der Waals surface area contributed by atoms with Crippen molar-refractivity contribution in [1.82, 2.24) is 20.2 Å². The fourth-order valence-electron chi connectivity index (χ4n) is 5.02. The van der Waals surface area contributed by atoms with Crippen LogP contribution in [0.2, 0.25) is 15.1 Å². The summed E-state index contributed by atoms with van der Waals surface area (Å²) in [5.41, 5.74) is 0.906. The summed E-state index contributed by atoms with van der Waals surface area (Å²) in [5, 5.41) is 8.30. The zero-order valence-electron chi connectivity index (χ0n) is 20.4. The number of rotatable bonds is 7. The summed E-state index contributed by atoms with van der Waals surface area (Å²) >= 11 is 18.8. The number of anilines is 2. The Labute approximate surface area is 222 Å². The van der Waals surface area contributed by atoms with Crippen LogP contribution < -0.4 is 15.5 Å². The number of hydrogen-bond acceptors (Lipinski definition) is 6. The molecule has 2 saturated heterocycles. The molecule has 2 aliphatic heterocycles. The minimum atomic E-state index is -0.124. The molecule has 190 valence electrons. The average molecular weight is 540 g/mol. The minimum absolute atomic E-state index is 0.0970. The van der Waals surface area contributed by atoms with E-state index in [1.165, 1.54) is 0 Å². The maximum atomic E-state index is 13.2. The molecule has 2 aliphatic rings. The Morgan fingerprint density at radius 3 is 2.51 bits per heavy atom. The van der Waals surface area contributed by atoms with E-state index in [0.29, 0.717) is 26.8 Å². The second-order valence-electron chi connectivity index (χ2n) is 9.65. The van der Waals surface area contributed by atoms with Gasteiger partial charge in [-0.2, -0.15) is 4.98 Å². The van der Waals surface area contributed by atoms with E-state index in [1.807, 2.05) is 19.1 Å². The second-order valence-corrected chi connectivity index (χ2v) is 10.9. The van der Waals surface area contributed by atoms with Crippen LogP contribution in [0.5, 0.6) is 0 Å². The summed E-state index contributed by atoms with van der Waals surface area (Å²) in [6.45, 7) is 9.49. The van der Waals surface area contributed by atoms with Gasteiger partial charge in [-0.25, -0.2) is 4.98 Å². The maximum Gasteiger partial charge on any atom is 0.227 e. The molecule has 2 N–H and O–H groups in total. The molecule has 7 nitrogen and oxygen atoms in total. The van der Waals surface area contributed by atoms with Crippen LogP contribution >= 0.6 is 34.8 Å². The Bertz CT molecular complexity index is 1040. The van der Waals surface area contributed by atoms with Crippen LogP contribution in [0.1, 0.15) is 51.6 Å². The minimum Gasteiger partial charge on any atom is -0.362 e. The predicted molar refractivity (Wildman–Crippen MR) is 144 cm³/mol. The van der Waals surface area contributed by atoms with Crippen molar-refractivity contribution < 1.29 is 4.79 Å². The summed E-state index contributed by atoms with van der Waals surface area (Å²) in [6.07, 6.45) is 4.33. The fourth-order valence-corrected chi connectivity index (χ4v) is 5.74. The van der Waals surface area contributed by atoms with Gasteiger partial charge in [0.15, 0.2) is 5.82 Å². The van der Waals surface area contributed by atoms with Crippen molar-refractivity contribution in [3.05, 3.63) is 45.0 Å². The molecule has 1 aromatic heterocycles. The molecule has 3 heterocycles. The molecule has 1 aromatic carbocycles. The molecule has 35 heavy (non-hydrogen) atoms. The van der Waals surface area contributed by atoms with Gasteiger partial charge in [0.05, 0.1) is 18.2 Å². The molecule has 0 saturated carbocycles. The zero-order chi connectivity index (χ0) is 25.1. The van der Waals surface area contributed by atoms with Gasteiger partial charge in [0.1, 0.15) is 5.02 Å². The van der Waals surface area contributed by atoms with E-state index in [2.05, 4.69) is 39.3 Å². The van der Waals surface area contributed by atoms with Crippen molar-refractivity contribution in [3.63, 3.8) is 0 Å². The van der Waals surface area contributed by atoms with Crippen LogP contribution in [-0.2, 0) is 4.79 Å². The van der Waals surface area contributed by atoms with Gasteiger partial charge in [-0.1, -0.05) is 40.9 Å². The number of carbonyl (C=O) groups excluding carboxylic acids is 1. The molecule has 1 amide bonds. The second kappa shape index (κ2) is 11.5. The Morgan fingerprint density at radius 2 is 1.89 bits per heavy atom. The smallest absolute Gasteiger partial charge is 0.227 e. The largest absolute Gasteiger partial charge is 0.362 e. The number of benzene rings is 1. The molecule has 1 unspecified atom stereocenters. The number of hydrogen-bond donors (Lipinski definition) is 2. The number of piperidine rings is 1. The lowest BCUT2D eigenvalue weighted by molar-refractivity contribution is -0.139. The van der Waals surface area contributed by atoms with Gasteiger partial charge in [0.25, 0.3) is 0 Å². The third-order valence-electron chi connectivity index (χ3n) is 6.87. The highest BCUT2D eigenvalue weighted by Crippen LogP contribution is 2.31. The van der Waals surface area contributed by atoms with E-state index >= 15 is 0 Å². The first-order valence-corrected chi connectivity index (χ1v) is 13.4. The van der Waals surface area contributed by atoms with Crippen molar-refractivity contribution in [1.29, 1.82) is 0 Å². The monoisotopic (exact) mass is 538 g/mol. The highest BCUT2D eigenvalue weighted by atomic mass is 35.5. The summed E-state index contributed by atoms with van der Waals surface area (Å²) in [4.78, 5) is 26.7. The number of amides is 1. The van der Waals surface area contributed by atoms with Gasteiger partial charge in [0.2, 0.25) is 11.9 Å². The molecule has 0 bridgehead atoms. The van der Waals surface area contributed by atoms with Gasteiger partial charge in [0, 0.05) is 41.8 Å². The van der Waals surface area contributed by atoms with Crippen LogP contribution in [0, 0.1) is 5.92 Å². The van der Waals surface area contributed by atoms with Crippen molar-refractivity contribution in [2.45, 2.75) is 58.2 Å². The lowest BCUT2D eigenvalue weighted by Gasteiger charge is -2.41.